The highest BCUT2D eigenvalue weighted by atomic mass is 32.2. The molecule has 5 nitrogen and oxygen atoms in total. The van der Waals surface area contributed by atoms with Crippen LogP contribution in [0.5, 0.6) is 0 Å². The Balaban J connectivity index is 1.43. The Bertz CT molecular complexity index is 740. The van der Waals surface area contributed by atoms with E-state index in [1.807, 2.05) is 17.0 Å². The third-order valence-corrected chi connectivity index (χ3v) is 6.97. The zero-order chi connectivity index (χ0) is 18.4. The normalized spacial score (nSPS) is 31.0. The number of hydrogen-bond acceptors (Lipinski definition) is 4. The van der Waals surface area contributed by atoms with E-state index in [2.05, 4.69) is 0 Å². The predicted octanol–water partition coefficient (Wildman–Crippen LogP) is 3.15. The Kier molecular flexibility index (Phi) is 4.50. The topological polar surface area (TPSA) is 57.7 Å². The summed E-state index contributed by atoms with van der Waals surface area (Å²) >= 11 is 0.950. The van der Waals surface area contributed by atoms with Crippen molar-refractivity contribution in [1.29, 1.82) is 0 Å². The SMILES string of the molecule is CN1C(=O)S[C@H](CC(=O)N2[C@@H]3CC[C@H]2CC(c2ccc(F)cc2)C3)C1=O. The fourth-order valence-electron chi connectivity index (χ4n) is 4.54. The van der Waals surface area contributed by atoms with E-state index in [9.17, 15) is 18.8 Å². The van der Waals surface area contributed by atoms with Gasteiger partial charge in [-0.3, -0.25) is 19.3 Å². The van der Waals surface area contributed by atoms with Gasteiger partial charge < -0.3 is 4.90 Å². The van der Waals surface area contributed by atoms with Crippen molar-refractivity contribution < 1.29 is 18.8 Å². The van der Waals surface area contributed by atoms with Crippen molar-refractivity contribution in [2.24, 2.45) is 0 Å². The Morgan fingerprint density at radius 1 is 1.15 bits per heavy atom. The monoisotopic (exact) mass is 376 g/mol. The van der Waals surface area contributed by atoms with Crippen molar-refractivity contribution in [3.8, 4) is 0 Å². The van der Waals surface area contributed by atoms with Crippen molar-refractivity contribution >= 4 is 28.8 Å². The zero-order valence-corrected chi connectivity index (χ0v) is 15.4. The van der Waals surface area contributed by atoms with Gasteiger partial charge >= 0.3 is 0 Å². The number of nitrogens with zero attached hydrogens (tertiary/aromatic N) is 2. The van der Waals surface area contributed by atoms with Crippen LogP contribution >= 0.6 is 11.8 Å². The smallest absolute Gasteiger partial charge is 0.288 e. The number of hydrogen-bond donors (Lipinski definition) is 0. The van der Waals surface area contributed by atoms with Gasteiger partial charge in [0.05, 0.1) is 0 Å². The van der Waals surface area contributed by atoms with Crippen molar-refractivity contribution in [3.63, 3.8) is 0 Å². The first-order valence-electron chi connectivity index (χ1n) is 8.99. The average Bonchev–Trinajstić information content (AvgIpc) is 3.02. The Morgan fingerprint density at radius 2 is 1.77 bits per heavy atom. The minimum absolute atomic E-state index is 0.0241. The number of benzene rings is 1. The molecule has 4 rings (SSSR count). The minimum atomic E-state index is -0.589. The standard InChI is InChI=1S/C19H21FN2O3S/c1-21-18(24)16(26-19(21)25)10-17(23)22-14-6-7-15(22)9-12(8-14)11-2-4-13(20)5-3-11/h2-5,12,14-16H,6-10H2,1H3/t12?,14-,15+,16-/m1/s1. The number of halogens is 1. The van der Waals surface area contributed by atoms with Gasteiger partial charge in [-0.15, -0.1) is 0 Å². The third-order valence-electron chi connectivity index (χ3n) is 5.85. The van der Waals surface area contributed by atoms with E-state index in [1.54, 1.807) is 0 Å². The lowest BCUT2D eigenvalue weighted by atomic mass is 9.85. The molecule has 3 aliphatic heterocycles. The van der Waals surface area contributed by atoms with Gasteiger partial charge in [0.25, 0.3) is 5.24 Å². The van der Waals surface area contributed by atoms with E-state index < -0.39 is 5.25 Å². The highest BCUT2D eigenvalue weighted by Crippen LogP contribution is 2.44. The first kappa shape index (κ1) is 17.5. The second kappa shape index (κ2) is 6.68. The number of carbonyl (C=O) groups is 3. The molecule has 2 bridgehead atoms. The molecule has 138 valence electrons. The number of imide groups is 1. The maximum Gasteiger partial charge on any atom is 0.288 e. The van der Waals surface area contributed by atoms with Crippen LogP contribution in [0.25, 0.3) is 0 Å². The number of carbonyl (C=O) groups excluding carboxylic acids is 3. The van der Waals surface area contributed by atoms with Crippen LogP contribution in [0.1, 0.15) is 43.6 Å². The van der Waals surface area contributed by atoms with Crippen molar-refractivity contribution in [2.75, 3.05) is 7.05 Å². The second-order valence-electron chi connectivity index (χ2n) is 7.38. The molecule has 3 fully saturated rings. The molecule has 0 aromatic heterocycles. The van der Waals surface area contributed by atoms with E-state index in [4.69, 9.17) is 0 Å². The summed E-state index contributed by atoms with van der Waals surface area (Å²) in [6, 6.07) is 7.01. The molecule has 0 aliphatic carbocycles. The molecule has 1 unspecified atom stereocenters. The lowest BCUT2D eigenvalue weighted by Crippen LogP contribution is -2.47. The molecule has 1 aromatic carbocycles. The van der Waals surface area contributed by atoms with Crippen molar-refractivity contribution in [3.05, 3.63) is 35.6 Å². The number of piperidine rings is 1. The molecule has 1 aromatic rings. The van der Waals surface area contributed by atoms with Crippen LogP contribution in [0, 0.1) is 5.82 Å². The molecule has 3 saturated heterocycles. The summed E-state index contributed by atoms with van der Waals surface area (Å²) in [7, 11) is 1.46. The summed E-state index contributed by atoms with van der Waals surface area (Å²) in [5, 5.41) is -0.875. The summed E-state index contributed by atoms with van der Waals surface area (Å²) < 4.78 is 13.2. The molecule has 0 N–H and O–H groups in total. The van der Waals surface area contributed by atoms with Crippen LogP contribution in [-0.4, -0.2) is 51.2 Å². The summed E-state index contributed by atoms with van der Waals surface area (Å²) in [4.78, 5) is 39.6. The maximum absolute atomic E-state index is 13.2. The van der Waals surface area contributed by atoms with E-state index in [1.165, 1.54) is 19.2 Å². The fraction of sp³-hybridized carbons (Fsp3) is 0.526. The molecule has 3 heterocycles. The lowest BCUT2D eigenvalue weighted by Gasteiger charge is -2.39. The van der Waals surface area contributed by atoms with Crippen LogP contribution in [0.2, 0.25) is 0 Å². The third kappa shape index (κ3) is 3.02. The molecular formula is C19H21FN2O3S. The summed E-state index contributed by atoms with van der Waals surface area (Å²) in [5.41, 5.74) is 1.13. The van der Waals surface area contributed by atoms with E-state index >= 15 is 0 Å². The quantitative estimate of drug-likeness (QED) is 0.813. The van der Waals surface area contributed by atoms with Crippen LogP contribution in [-0.2, 0) is 9.59 Å². The molecule has 4 atom stereocenters. The molecule has 0 saturated carbocycles. The van der Waals surface area contributed by atoms with E-state index in [0.29, 0.717) is 5.92 Å². The van der Waals surface area contributed by atoms with Gasteiger partial charge in [0.2, 0.25) is 11.8 Å². The predicted molar refractivity (Wildman–Crippen MR) is 96.2 cm³/mol. The van der Waals surface area contributed by atoms with Crippen LogP contribution < -0.4 is 0 Å². The number of thioether (sulfide) groups is 1. The summed E-state index contributed by atoms with van der Waals surface area (Å²) in [6.07, 6.45) is 3.78. The summed E-state index contributed by atoms with van der Waals surface area (Å²) in [6.45, 7) is 0. The van der Waals surface area contributed by atoms with E-state index in [-0.39, 0.29) is 41.4 Å². The van der Waals surface area contributed by atoms with Gasteiger partial charge in [-0.2, -0.15) is 0 Å². The maximum atomic E-state index is 13.2. The molecule has 3 amide bonds. The molecule has 0 spiro atoms. The molecular weight excluding hydrogens is 355 g/mol. The molecule has 7 heteroatoms. The van der Waals surface area contributed by atoms with Crippen LogP contribution in [0.3, 0.4) is 0 Å². The highest BCUT2D eigenvalue weighted by molar-refractivity contribution is 8.15. The molecule has 3 aliphatic rings. The molecule has 26 heavy (non-hydrogen) atoms. The summed E-state index contributed by atoms with van der Waals surface area (Å²) in [5.74, 6) is -0.194. The number of fused-ring (bicyclic) bond motifs is 2. The Morgan fingerprint density at radius 3 is 2.31 bits per heavy atom. The number of amides is 3. The van der Waals surface area contributed by atoms with Crippen molar-refractivity contribution in [1.82, 2.24) is 9.80 Å². The highest BCUT2D eigenvalue weighted by Gasteiger charge is 2.46. The Labute approximate surface area is 155 Å². The second-order valence-corrected chi connectivity index (χ2v) is 8.53. The first-order chi connectivity index (χ1) is 12.4. The van der Waals surface area contributed by atoms with Gasteiger partial charge in [0, 0.05) is 25.6 Å². The van der Waals surface area contributed by atoms with Gasteiger partial charge in [-0.05, 0) is 49.3 Å². The Hall–Kier alpha value is -1.89. The minimum Gasteiger partial charge on any atom is -0.337 e. The first-order valence-corrected chi connectivity index (χ1v) is 9.87. The van der Waals surface area contributed by atoms with Gasteiger partial charge in [0.1, 0.15) is 11.1 Å². The molecule has 0 radical (unpaired) electrons. The number of rotatable bonds is 3. The lowest BCUT2D eigenvalue weighted by molar-refractivity contribution is -0.138. The van der Waals surface area contributed by atoms with Crippen LogP contribution in [0.15, 0.2) is 24.3 Å². The largest absolute Gasteiger partial charge is 0.337 e. The van der Waals surface area contributed by atoms with Gasteiger partial charge in [-0.1, -0.05) is 23.9 Å². The van der Waals surface area contributed by atoms with Crippen molar-refractivity contribution in [2.45, 2.75) is 55.4 Å². The van der Waals surface area contributed by atoms with Gasteiger partial charge in [-0.25, -0.2) is 4.39 Å². The fourth-order valence-corrected chi connectivity index (χ4v) is 5.52. The van der Waals surface area contributed by atoms with Crippen LogP contribution in [0.4, 0.5) is 9.18 Å². The van der Waals surface area contributed by atoms with Gasteiger partial charge in [0.15, 0.2) is 0 Å². The van der Waals surface area contributed by atoms with E-state index in [0.717, 1.165) is 47.9 Å². The average molecular weight is 376 g/mol. The zero-order valence-electron chi connectivity index (χ0n) is 14.6.